The van der Waals surface area contributed by atoms with E-state index in [1.807, 2.05) is 18.2 Å². The van der Waals surface area contributed by atoms with E-state index in [4.69, 9.17) is 9.47 Å². The molecule has 1 aliphatic heterocycles. The van der Waals surface area contributed by atoms with Gasteiger partial charge in [0.2, 0.25) is 0 Å². The Hall–Kier alpha value is -0.380. The van der Waals surface area contributed by atoms with Crippen molar-refractivity contribution in [3.8, 4) is 0 Å². The second-order valence-corrected chi connectivity index (χ2v) is 4.31. The van der Waals surface area contributed by atoms with E-state index < -0.39 is 0 Å². The summed E-state index contributed by atoms with van der Waals surface area (Å²) in [6.07, 6.45) is 0.453. The van der Waals surface area contributed by atoms with Gasteiger partial charge in [-0.25, -0.2) is 0 Å². The third-order valence-electron chi connectivity index (χ3n) is 2.28. The number of benzene rings is 1. The number of hydrogen-bond donors (Lipinski definition) is 0. The van der Waals surface area contributed by atoms with E-state index in [1.165, 1.54) is 5.56 Å². The van der Waals surface area contributed by atoms with Crippen molar-refractivity contribution in [3.63, 3.8) is 0 Å². The van der Waals surface area contributed by atoms with Crippen LogP contribution in [0.2, 0.25) is 0 Å². The third-order valence-corrected chi connectivity index (χ3v) is 3.00. The first-order valence-corrected chi connectivity index (χ1v) is 5.54. The fourth-order valence-electron chi connectivity index (χ4n) is 1.31. The molecular formula is C11H13BrO2. The van der Waals surface area contributed by atoms with Gasteiger partial charge in [-0.15, -0.1) is 0 Å². The summed E-state index contributed by atoms with van der Waals surface area (Å²) in [4.78, 5) is 0. The van der Waals surface area contributed by atoms with Crippen LogP contribution in [0.3, 0.4) is 0 Å². The Morgan fingerprint density at radius 3 is 2.93 bits per heavy atom. The molecule has 1 aromatic carbocycles. The minimum atomic E-state index is 0.120. The predicted molar refractivity (Wildman–Crippen MR) is 58.2 cm³/mol. The molecule has 3 heteroatoms. The summed E-state index contributed by atoms with van der Waals surface area (Å²) < 4.78 is 11.9. The molecule has 2 atom stereocenters. The summed E-state index contributed by atoms with van der Waals surface area (Å²) in [5, 5.41) is 0. The van der Waals surface area contributed by atoms with Gasteiger partial charge >= 0.3 is 0 Å². The Kier molecular flexibility index (Phi) is 3.21. The molecule has 2 nitrogen and oxygen atoms in total. The maximum absolute atomic E-state index is 5.68. The predicted octanol–water partition coefficient (Wildman–Crippen LogP) is 2.93. The summed E-state index contributed by atoms with van der Waals surface area (Å²) in [5.74, 6) is 0. The molecule has 0 spiro atoms. The van der Waals surface area contributed by atoms with E-state index >= 15 is 0 Å². The fraction of sp³-hybridized carbons (Fsp3) is 0.455. The van der Waals surface area contributed by atoms with Gasteiger partial charge in [0.15, 0.2) is 0 Å². The van der Waals surface area contributed by atoms with Crippen molar-refractivity contribution in [3.05, 3.63) is 34.3 Å². The van der Waals surface area contributed by atoms with Crippen molar-refractivity contribution in [1.29, 1.82) is 0 Å². The van der Waals surface area contributed by atoms with Gasteiger partial charge in [-0.05, 0) is 18.6 Å². The lowest BCUT2D eigenvalue weighted by Gasteiger charge is -2.13. The highest BCUT2D eigenvalue weighted by atomic mass is 79.9. The highest BCUT2D eigenvalue weighted by Crippen LogP contribution is 2.26. The van der Waals surface area contributed by atoms with Crippen molar-refractivity contribution >= 4 is 15.9 Å². The summed E-state index contributed by atoms with van der Waals surface area (Å²) in [6.45, 7) is 3.60. The van der Waals surface area contributed by atoms with Crippen LogP contribution in [0.25, 0.3) is 0 Å². The molecule has 0 aliphatic carbocycles. The molecule has 76 valence electrons. The lowest BCUT2D eigenvalue weighted by molar-refractivity contribution is 0.0535. The van der Waals surface area contributed by atoms with Gasteiger partial charge in [-0.1, -0.05) is 34.1 Å². The monoisotopic (exact) mass is 256 g/mol. The summed E-state index contributed by atoms with van der Waals surface area (Å²) in [7, 11) is 0. The van der Waals surface area contributed by atoms with Crippen molar-refractivity contribution in [2.75, 3.05) is 13.2 Å². The summed E-state index contributed by atoms with van der Waals surface area (Å²) in [5.41, 5.74) is 1.19. The second kappa shape index (κ2) is 4.43. The third kappa shape index (κ3) is 2.56. The van der Waals surface area contributed by atoms with Gasteiger partial charge in [-0.3, -0.25) is 0 Å². The first-order valence-electron chi connectivity index (χ1n) is 4.75. The van der Waals surface area contributed by atoms with Crippen LogP contribution in [-0.2, 0) is 9.47 Å². The van der Waals surface area contributed by atoms with Crippen molar-refractivity contribution < 1.29 is 9.47 Å². The minimum Gasteiger partial charge on any atom is -0.371 e. The zero-order valence-electron chi connectivity index (χ0n) is 8.07. The SMILES string of the molecule is CC(OCC1CO1)c1ccccc1Br. The molecule has 0 bridgehead atoms. The Labute approximate surface area is 92.3 Å². The largest absolute Gasteiger partial charge is 0.371 e. The molecule has 0 aromatic heterocycles. The molecule has 1 aromatic rings. The Balaban J connectivity index is 1.95. The average molecular weight is 257 g/mol. The summed E-state index contributed by atoms with van der Waals surface area (Å²) >= 11 is 3.51. The molecule has 0 amide bonds. The van der Waals surface area contributed by atoms with E-state index in [9.17, 15) is 0 Å². The Morgan fingerprint density at radius 1 is 1.57 bits per heavy atom. The lowest BCUT2D eigenvalue weighted by Crippen LogP contribution is -2.06. The number of epoxide rings is 1. The number of hydrogen-bond acceptors (Lipinski definition) is 2. The van der Waals surface area contributed by atoms with Crippen LogP contribution in [0, 0.1) is 0 Å². The average Bonchev–Trinajstić information content (AvgIpc) is 2.98. The van der Waals surface area contributed by atoms with E-state index in [0.717, 1.165) is 11.1 Å². The van der Waals surface area contributed by atoms with Crippen LogP contribution < -0.4 is 0 Å². The first-order chi connectivity index (χ1) is 6.77. The molecule has 0 radical (unpaired) electrons. The molecule has 2 unspecified atom stereocenters. The topological polar surface area (TPSA) is 21.8 Å². The standard InChI is InChI=1S/C11H13BrO2/c1-8(13-6-9-7-14-9)10-4-2-3-5-11(10)12/h2-5,8-9H,6-7H2,1H3. The van der Waals surface area contributed by atoms with Crippen LogP contribution in [0.5, 0.6) is 0 Å². The molecule has 2 rings (SSSR count). The van der Waals surface area contributed by atoms with Gasteiger partial charge < -0.3 is 9.47 Å². The van der Waals surface area contributed by atoms with Crippen molar-refractivity contribution in [2.24, 2.45) is 0 Å². The van der Waals surface area contributed by atoms with E-state index in [1.54, 1.807) is 0 Å². The fourth-order valence-corrected chi connectivity index (χ4v) is 1.92. The van der Waals surface area contributed by atoms with Crippen LogP contribution >= 0.6 is 15.9 Å². The molecule has 1 fully saturated rings. The molecule has 1 saturated heterocycles. The first kappa shape index (κ1) is 10.1. The number of halogens is 1. The van der Waals surface area contributed by atoms with E-state index in [2.05, 4.69) is 28.9 Å². The molecular weight excluding hydrogens is 244 g/mol. The summed E-state index contributed by atoms with van der Waals surface area (Å²) in [6, 6.07) is 8.13. The Bertz CT molecular complexity index is 310. The quantitative estimate of drug-likeness (QED) is 0.773. The molecule has 14 heavy (non-hydrogen) atoms. The minimum absolute atomic E-state index is 0.120. The Morgan fingerprint density at radius 2 is 2.29 bits per heavy atom. The molecule has 0 N–H and O–H groups in total. The van der Waals surface area contributed by atoms with E-state index in [-0.39, 0.29) is 6.10 Å². The van der Waals surface area contributed by atoms with Crippen LogP contribution in [-0.4, -0.2) is 19.3 Å². The van der Waals surface area contributed by atoms with Crippen LogP contribution in [0.15, 0.2) is 28.7 Å². The van der Waals surface area contributed by atoms with Crippen LogP contribution in [0.4, 0.5) is 0 Å². The van der Waals surface area contributed by atoms with Gasteiger partial charge in [0.05, 0.1) is 19.3 Å². The maximum atomic E-state index is 5.68. The highest BCUT2D eigenvalue weighted by Gasteiger charge is 2.23. The van der Waals surface area contributed by atoms with Crippen LogP contribution in [0.1, 0.15) is 18.6 Å². The second-order valence-electron chi connectivity index (χ2n) is 3.45. The van der Waals surface area contributed by atoms with Crippen molar-refractivity contribution in [2.45, 2.75) is 19.1 Å². The van der Waals surface area contributed by atoms with Gasteiger partial charge in [0, 0.05) is 4.47 Å². The highest BCUT2D eigenvalue weighted by molar-refractivity contribution is 9.10. The van der Waals surface area contributed by atoms with Gasteiger partial charge in [-0.2, -0.15) is 0 Å². The normalized spacial score (nSPS) is 22.0. The van der Waals surface area contributed by atoms with Gasteiger partial charge in [0.1, 0.15) is 6.10 Å². The molecule has 0 saturated carbocycles. The molecule has 1 aliphatic rings. The lowest BCUT2D eigenvalue weighted by atomic mass is 10.1. The number of rotatable bonds is 4. The zero-order valence-corrected chi connectivity index (χ0v) is 9.66. The van der Waals surface area contributed by atoms with Crippen molar-refractivity contribution in [1.82, 2.24) is 0 Å². The van der Waals surface area contributed by atoms with Gasteiger partial charge in [0.25, 0.3) is 0 Å². The zero-order chi connectivity index (χ0) is 9.97. The maximum Gasteiger partial charge on any atom is 0.104 e. The smallest absolute Gasteiger partial charge is 0.104 e. The molecule has 1 heterocycles. The van der Waals surface area contributed by atoms with E-state index in [0.29, 0.717) is 12.7 Å². The number of ether oxygens (including phenoxy) is 2.